The Morgan fingerprint density at radius 2 is 2.28 bits per heavy atom. The molecular weight excluding hydrogens is 244 g/mol. The third kappa shape index (κ3) is 2.62. The van der Waals surface area contributed by atoms with Gasteiger partial charge in [-0.15, -0.1) is 11.3 Å². The van der Waals surface area contributed by atoms with Crippen molar-refractivity contribution < 1.29 is 0 Å². The molecule has 0 spiro atoms. The van der Waals surface area contributed by atoms with E-state index in [2.05, 4.69) is 36.1 Å². The first kappa shape index (κ1) is 13.2. The minimum atomic E-state index is 0.365. The van der Waals surface area contributed by atoms with E-state index in [4.69, 9.17) is 0 Å². The highest BCUT2D eigenvalue weighted by atomic mass is 32.1. The zero-order valence-electron chi connectivity index (χ0n) is 11.4. The van der Waals surface area contributed by atoms with Crippen molar-refractivity contribution in [2.45, 2.75) is 33.2 Å². The molecule has 0 aromatic carbocycles. The number of aromatic nitrogens is 3. The number of hydrogen-bond donors (Lipinski definition) is 1. The number of imidazole rings is 1. The van der Waals surface area contributed by atoms with Gasteiger partial charge in [0.05, 0.1) is 23.9 Å². The maximum Gasteiger partial charge on any atom is 0.142 e. The molecule has 1 N–H and O–H groups in total. The van der Waals surface area contributed by atoms with E-state index in [-0.39, 0.29) is 0 Å². The van der Waals surface area contributed by atoms with Gasteiger partial charge in [0.15, 0.2) is 0 Å². The molecule has 0 aliphatic heterocycles. The Morgan fingerprint density at radius 1 is 1.50 bits per heavy atom. The lowest BCUT2D eigenvalue weighted by molar-refractivity contribution is 0.575. The van der Waals surface area contributed by atoms with Gasteiger partial charge in [0.25, 0.3) is 0 Å². The van der Waals surface area contributed by atoms with Gasteiger partial charge in [-0.25, -0.2) is 9.97 Å². The molecule has 1 atom stereocenters. The molecule has 0 bridgehead atoms. The third-order valence-electron chi connectivity index (χ3n) is 2.96. The summed E-state index contributed by atoms with van der Waals surface area (Å²) in [4.78, 5) is 10.1. The van der Waals surface area contributed by atoms with Crippen LogP contribution in [0.2, 0.25) is 0 Å². The zero-order chi connectivity index (χ0) is 13.1. The second kappa shape index (κ2) is 5.63. The van der Waals surface area contributed by atoms with Crippen LogP contribution >= 0.6 is 11.3 Å². The number of hydrogen-bond acceptors (Lipinski definition) is 4. The second-order valence-electron chi connectivity index (χ2n) is 4.53. The molecule has 2 aromatic heterocycles. The highest BCUT2D eigenvalue weighted by Gasteiger charge is 2.16. The minimum absolute atomic E-state index is 0.365. The van der Waals surface area contributed by atoms with Crippen LogP contribution in [-0.4, -0.2) is 21.1 Å². The molecule has 0 saturated carbocycles. The number of thiazole rings is 1. The molecule has 0 saturated heterocycles. The van der Waals surface area contributed by atoms with Gasteiger partial charge >= 0.3 is 0 Å². The standard InChI is InChI=1S/C13H20N4S/c1-5-6-15-9(2)12-10(3)16-13(18-12)11-7-14-8-17(11)4/h7-9,15H,5-6H2,1-4H3. The molecule has 2 heterocycles. The molecule has 0 aliphatic carbocycles. The number of rotatable bonds is 5. The zero-order valence-corrected chi connectivity index (χ0v) is 12.2. The average Bonchev–Trinajstić information content (AvgIpc) is 2.92. The summed E-state index contributed by atoms with van der Waals surface area (Å²) in [7, 11) is 2.00. The van der Waals surface area contributed by atoms with Gasteiger partial charge in [0.2, 0.25) is 0 Å². The predicted octanol–water partition coefficient (Wildman–Crippen LogP) is 2.91. The van der Waals surface area contributed by atoms with Crippen molar-refractivity contribution >= 4 is 11.3 Å². The summed E-state index contributed by atoms with van der Waals surface area (Å²) in [5.74, 6) is 0. The Labute approximate surface area is 112 Å². The Balaban J connectivity index is 2.24. The maximum absolute atomic E-state index is 4.66. The molecule has 2 aromatic rings. The summed E-state index contributed by atoms with van der Waals surface area (Å²) in [5.41, 5.74) is 2.20. The van der Waals surface area contributed by atoms with E-state index < -0.39 is 0 Å². The van der Waals surface area contributed by atoms with Crippen LogP contribution in [0.1, 0.15) is 36.9 Å². The first-order valence-electron chi connectivity index (χ1n) is 6.30. The lowest BCUT2D eigenvalue weighted by Crippen LogP contribution is -2.18. The van der Waals surface area contributed by atoms with Gasteiger partial charge in [-0.05, 0) is 26.8 Å². The predicted molar refractivity (Wildman–Crippen MR) is 75.8 cm³/mol. The van der Waals surface area contributed by atoms with Crippen molar-refractivity contribution in [2.75, 3.05) is 6.54 Å². The summed E-state index contributed by atoms with van der Waals surface area (Å²) >= 11 is 1.76. The fourth-order valence-corrected chi connectivity index (χ4v) is 3.08. The average molecular weight is 264 g/mol. The van der Waals surface area contributed by atoms with Crippen LogP contribution in [0.4, 0.5) is 0 Å². The van der Waals surface area contributed by atoms with E-state index >= 15 is 0 Å². The van der Waals surface area contributed by atoms with Crippen molar-refractivity contribution in [2.24, 2.45) is 7.05 Å². The first-order valence-corrected chi connectivity index (χ1v) is 7.12. The van der Waals surface area contributed by atoms with Crippen LogP contribution in [-0.2, 0) is 7.05 Å². The van der Waals surface area contributed by atoms with Crippen molar-refractivity contribution in [1.82, 2.24) is 19.9 Å². The summed E-state index contributed by atoms with van der Waals surface area (Å²) in [6.07, 6.45) is 4.83. The Kier molecular flexibility index (Phi) is 4.14. The van der Waals surface area contributed by atoms with Crippen molar-refractivity contribution in [3.8, 4) is 10.7 Å². The SMILES string of the molecule is CCCNC(C)c1sc(-c2cncn2C)nc1C. The van der Waals surface area contributed by atoms with E-state index in [1.54, 1.807) is 11.3 Å². The van der Waals surface area contributed by atoms with Gasteiger partial charge in [0, 0.05) is 18.0 Å². The fraction of sp³-hybridized carbons (Fsp3) is 0.538. The maximum atomic E-state index is 4.66. The quantitative estimate of drug-likeness (QED) is 0.903. The Bertz CT molecular complexity index is 515. The molecule has 1 unspecified atom stereocenters. The molecule has 0 radical (unpaired) electrons. The normalized spacial score (nSPS) is 12.9. The highest BCUT2D eigenvalue weighted by Crippen LogP contribution is 2.31. The van der Waals surface area contributed by atoms with Crippen LogP contribution in [0.25, 0.3) is 10.7 Å². The van der Waals surface area contributed by atoms with Crippen molar-refractivity contribution in [1.29, 1.82) is 0 Å². The lowest BCUT2D eigenvalue weighted by atomic mass is 10.2. The van der Waals surface area contributed by atoms with Gasteiger partial charge in [0.1, 0.15) is 5.01 Å². The van der Waals surface area contributed by atoms with E-state index in [0.717, 1.165) is 29.4 Å². The molecular formula is C13H20N4S. The molecule has 0 amide bonds. The molecule has 0 aliphatic rings. The summed E-state index contributed by atoms with van der Waals surface area (Å²) < 4.78 is 2.01. The summed E-state index contributed by atoms with van der Waals surface area (Å²) in [6.45, 7) is 7.50. The van der Waals surface area contributed by atoms with Crippen LogP contribution < -0.4 is 5.32 Å². The van der Waals surface area contributed by atoms with Crippen LogP contribution in [0, 0.1) is 6.92 Å². The largest absolute Gasteiger partial charge is 0.332 e. The minimum Gasteiger partial charge on any atom is -0.332 e. The van der Waals surface area contributed by atoms with E-state index in [0.29, 0.717) is 6.04 Å². The topological polar surface area (TPSA) is 42.7 Å². The van der Waals surface area contributed by atoms with E-state index in [1.807, 2.05) is 24.1 Å². The van der Waals surface area contributed by atoms with Crippen molar-refractivity contribution in [3.05, 3.63) is 23.1 Å². The van der Waals surface area contributed by atoms with Crippen molar-refractivity contribution in [3.63, 3.8) is 0 Å². The van der Waals surface area contributed by atoms with Crippen LogP contribution in [0.5, 0.6) is 0 Å². The summed E-state index contributed by atoms with van der Waals surface area (Å²) in [5, 5.41) is 4.56. The third-order valence-corrected chi connectivity index (χ3v) is 4.32. The molecule has 4 nitrogen and oxygen atoms in total. The molecule has 5 heteroatoms. The fourth-order valence-electron chi connectivity index (χ4n) is 1.94. The number of nitrogens with zero attached hydrogens (tertiary/aromatic N) is 3. The number of aryl methyl sites for hydroxylation is 2. The van der Waals surface area contributed by atoms with Crippen LogP contribution in [0.15, 0.2) is 12.5 Å². The van der Waals surface area contributed by atoms with Gasteiger partial charge < -0.3 is 9.88 Å². The second-order valence-corrected chi connectivity index (χ2v) is 5.56. The first-order chi connectivity index (χ1) is 8.63. The van der Waals surface area contributed by atoms with Crippen LogP contribution in [0.3, 0.4) is 0 Å². The van der Waals surface area contributed by atoms with Gasteiger partial charge in [-0.1, -0.05) is 6.92 Å². The lowest BCUT2D eigenvalue weighted by Gasteiger charge is -2.11. The highest BCUT2D eigenvalue weighted by molar-refractivity contribution is 7.15. The Morgan fingerprint density at radius 3 is 2.89 bits per heavy atom. The van der Waals surface area contributed by atoms with Gasteiger partial charge in [-0.3, -0.25) is 0 Å². The monoisotopic (exact) mass is 264 g/mol. The van der Waals surface area contributed by atoms with E-state index in [9.17, 15) is 0 Å². The Hall–Kier alpha value is -1.20. The molecule has 2 rings (SSSR count). The molecule has 0 fully saturated rings. The molecule has 18 heavy (non-hydrogen) atoms. The smallest absolute Gasteiger partial charge is 0.142 e. The molecule has 98 valence electrons. The summed E-state index contributed by atoms with van der Waals surface area (Å²) in [6, 6.07) is 0.365. The number of nitrogens with one attached hydrogen (secondary N) is 1. The van der Waals surface area contributed by atoms with E-state index in [1.165, 1.54) is 4.88 Å². The van der Waals surface area contributed by atoms with Gasteiger partial charge in [-0.2, -0.15) is 0 Å².